The van der Waals surface area contributed by atoms with E-state index < -0.39 is 11.7 Å². The van der Waals surface area contributed by atoms with Crippen LogP contribution < -0.4 is 5.56 Å². The summed E-state index contributed by atoms with van der Waals surface area (Å²) in [6.07, 6.45) is -1.15. The average Bonchev–Trinajstić information content (AvgIpc) is 2.58. The lowest BCUT2D eigenvalue weighted by molar-refractivity contribution is -0.0105. The van der Waals surface area contributed by atoms with E-state index in [9.17, 15) is 9.90 Å². The number of hydrogen-bond donors (Lipinski definition) is 1. The summed E-state index contributed by atoms with van der Waals surface area (Å²) in [5.74, 6) is 0. The van der Waals surface area contributed by atoms with Gasteiger partial charge in [0.1, 0.15) is 11.6 Å². The molecular weight excluding hydrogens is 342 g/mol. The predicted octanol–water partition coefficient (Wildman–Crippen LogP) is 2.52. The Bertz CT molecular complexity index is 840. The van der Waals surface area contributed by atoms with Gasteiger partial charge in [0.25, 0.3) is 5.56 Å². The number of rotatable bonds is 6. The number of halogens is 1. The first-order valence-corrected chi connectivity index (χ1v) is 8.24. The number of nitrogens with zero attached hydrogens (tertiary/aromatic N) is 3. The zero-order valence-electron chi connectivity index (χ0n) is 14.4. The highest BCUT2D eigenvalue weighted by Gasteiger charge is 2.16. The summed E-state index contributed by atoms with van der Waals surface area (Å²) in [6, 6.07) is 9.15. The molecule has 0 aliphatic rings. The molecule has 0 bridgehead atoms. The maximum Gasteiger partial charge on any atom is 0.285 e. The third-order valence-electron chi connectivity index (χ3n) is 4.01. The van der Waals surface area contributed by atoms with E-state index in [4.69, 9.17) is 21.6 Å². The zero-order chi connectivity index (χ0) is 18.6. The fourth-order valence-corrected chi connectivity index (χ4v) is 2.49. The molecule has 25 heavy (non-hydrogen) atoms. The molecule has 6 nitrogen and oxygen atoms in total. The van der Waals surface area contributed by atoms with Gasteiger partial charge >= 0.3 is 0 Å². The molecule has 0 fully saturated rings. The highest BCUT2D eigenvalue weighted by molar-refractivity contribution is 6.30. The molecule has 0 amide bonds. The Kier molecular flexibility index (Phi) is 6.32. The smallest absolute Gasteiger partial charge is 0.285 e. The SMILES string of the molecule is Cc1nn(C[C@@H](O)CO[C@H](C)c2ccc(Cl)cc2)c(=O)c(C#N)c1C. The first-order valence-electron chi connectivity index (χ1n) is 7.87. The molecule has 2 atom stereocenters. The monoisotopic (exact) mass is 361 g/mol. The van der Waals surface area contributed by atoms with Gasteiger partial charge in [0.15, 0.2) is 0 Å². The fourth-order valence-electron chi connectivity index (χ4n) is 2.37. The lowest BCUT2D eigenvalue weighted by Gasteiger charge is -2.18. The normalized spacial score (nSPS) is 13.3. The van der Waals surface area contributed by atoms with Crippen molar-refractivity contribution < 1.29 is 9.84 Å². The molecule has 0 aliphatic carbocycles. The maximum atomic E-state index is 12.2. The number of nitriles is 1. The Balaban J connectivity index is 2.02. The van der Waals surface area contributed by atoms with Crippen LogP contribution in [0.3, 0.4) is 0 Å². The minimum Gasteiger partial charge on any atom is -0.389 e. The minimum atomic E-state index is -0.923. The van der Waals surface area contributed by atoms with Crippen molar-refractivity contribution in [2.75, 3.05) is 6.61 Å². The summed E-state index contributed by atoms with van der Waals surface area (Å²) < 4.78 is 6.76. The third-order valence-corrected chi connectivity index (χ3v) is 4.26. The lowest BCUT2D eigenvalue weighted by Crippen LogP contribution is -2.33. The lowest BCUT2D eigenvalue weighted by atomic mass is 10.1. The number of ether oxygens (including phenoxy) is 1. The second-order valence-corrected chi connectivity index (χ2v) is 6.30. The van der Waals surface area contributed by atoms with E-state index in [0.29, 0.717) is 16.3 Å². The van der Waals surface area contributed by atoms with Crippen molar-refractivity contribution in [3.05, 3.63) is 62.0 Å². The molecule has 0 spiro atoms. The van der Waals surface area contributed by atoms with E-state index in [1.807, 2.05) is 25.1 Å². The van der Waals surface area contributed by atoms with Crippen LogP contribution in [0.2, 0.25) is 5.02 Å². The number of aryl methyl sites for hydroxylation is 1. The number of benzene rings is 1. The summed E-state index contributed by atoms with van der Waals surface area (Å²) in [6.45, 7) is 5.26. The summed E-state index contributed by atoms with van der Waals surface area (Å²) in [7, 11) is 0. The summed E-state index contributed by atoms with van der Waals surface area (Å²) in [5, 5.41) is 24.1. The van der Waals surface area contributed by atoms with Crippen LogP contribution in [0.15, 0.2) is 29.1 Å². The molecule has 0 radical (unpaired) electrons. The second kappa shape index (κ2) is 8.26. The molecule has 1 N–H and O–H groups in total. The first-order chi connectivity index (χ1) is 11.8. The van der Waals surface area contributed by atoms with Crippen LogP contribution >= 0.6 is 11.6 Å². The van der Waals surface area contributed by atoms with Crippen molar-refractivity contribution in [3.8, 4) is 6.07 Å². The largest absolute Gasteiger partial charge is 0.389 e. The van der Waals surface area contributed by atoms with Crippen LogP contribution in [0.4, 0.5) is 0 Å². The molecule has 132 valence electrons. The van der Waals surface area contributed by atoms with E-state index in [1.54, 1.807) is 26.0 Å². The van der Waals surface area contributed by atoms with Crippen LogP contribution in [0.25, 0.3) is 0 Å². The highest BCUT2D eigenvalue weighted by Crippen LogP contribution is 2.19. The molecule has 1 heterocycles. The van der Waals surface area contributed by atoms with Crippen molar-refractivity contribution >= 4 is 11.6 Å². The van der Waals surface area contributed by atoms with E-state index in [1.165, 1.54) is 0 Å². The molecule has 1 aromatic carbocycles. The van der Waals surface area contributed by atoms with Crippen LogP contribution in [-0.2, 0) is 11.3 Å². The number of aliphatic hydroxyl groups excluding tert-OH is 1. The Morgan fingerprint density at radius 3 is 2.60 bits per heavy atom. The van der Waals surface area contributed by atoms with E-state index in [0.717, 1.165) is 10.2 Å². The van der Waals surface area contributed by atoms with Gasteiger partial charge in [-0.2, -0.15) is 10.4 Å². The standard InChI is InChI=1S/C18H20ClN3O3/c1-11-12(2)21-22(18(24)17(11)8-20)9-16(23)10-25-13(3)14-4-6-15(19)7-5-14/h4-7,13,16,23H,9-10H2,1-3H3/t13-,16-/m1/s1. The number of aromatic nitrogens is 2. The van der Waals surface area contributed by atoms with Crippen LogP contribution in [0.5, 0.6) is 0 Å². The topological polar surface area (TPSA) is 88.1 Å². The van der Waals surface area contributed by atoms with Gasteiger partial charge in [0, 0.05) is 5.02 Å². The molecule has 0 aliphatic heterocycles. The Labute approximate surface area is 151 Å². The minimum absolute atomic E-state index is 0.0344. The zero-order valence-corrected chi connectivity index (χ0v) is 15.1. The van der Waals surface area contributed by atoms with Crippen LogP contribution in [-0.4, -0.2) is 27.6 Å². The fraction of sp³-hybridized carbons (Fsp3) is 0.389. The molecule has 2 rings (SSSR count). The average molecular weight is 362 g/mol. The second-order valence-electron chi connectivity index (χ2n) is 5.87. The molecule has 1 aromatic heterocycles. The molecular formula is C18H20ClN3O3. The number of aliphatic hydroxyl groups is 1. The number of hydrogen-bond acceptors (Lipinski definition) is 5. The predicted molar refractivity (Wildman–Crippen MR) is 94.5 cm³/mol. The van der Waals surface area contributed by atoms with Gasteiger partial charge in [-0.05, 0) is 44.0 Å². The van der Waals surface area contributed by atoms with Gasteiger partial charge in [-0.1, -0.05) is 23.7 Å². The molecule has 0 unspecified atom stereocenters. The van der Waals surface area contributed by atoms with Gasteiger partial charge in [-0.25, -0.2) is 4.68 Å². The molecule has 0 saturated heterocycles. The van der Waals surface area contributed by atoms with E-state index in [2.05, 4.69) is 5.10 Å². The molecule has 0 saturated carbocycles. The Morgan fingerprint density at radius 2 is 2.00 bits per heavy atom. The van der Waals surface area contributed by atoms with Crippen molar-refractivity contribution in [2.45, 2.75) is 39.5 Å². The quantitative estimate of drug-likeness (QED) is 0.854. The van der Waals surface area contributed by atoms with Crippen LogP contribution in [0, 0.1) is 25.2 Å². The van der Waals surface area contributed by atoms with Crippen LogP contribution in [0.1, 0.15) is 35.4 Å². The van der Waals surface area contributed by atoms with Gasteiger partial charge in [0.05, 0.1) is 31.1 Å². The van der Waals surface area contributed by atoms with Crippen molar-refractivity contribution in [1.29, 1.82) is 5.26 Å². The van der Waals surface area contributed by atoms with E-state index in [-0.39, 0.29) is 24.8 Å². The Morgan fingerprint density at radius 1 is 1.36 bits per heavy atom. The maximum absolute atomic E-state index is 12.2. The summed E-state index contributed by atoms with van der Waals surface area (Å²) in [4.78, 5) is 12.2. The van der Waals surface area contributed by atoms with Crippen molar-refractivity contribution in [3.63, 3.8) is 0 Å². The third kappa shape index (κ3) is 4.67. The highest BCUT2D eigenvalue weighted by atomic mass is 35.5. The molecule has 2 aromatic rings. The summed E-state index contributed by atoms with van der Waals surface area (Å²) >= 11 is 5.85. The van der Waals surface area contributed by atoms with Crippen molar-refractivity contribution in [1.82, 2.24) is 9.78 Å². The summed E-state index contributed by atoms with van der Waals surface area (Å²) in [5.41, 5.74) is 1.63. The van der Waals surface area contributed by atoms with Gasteiger partial charge in [-0.3, -0.25) is 4.79 Å². The van der Waals surface area contributed by atoms with Crippen molar-refractivity contribution in [2.24, 2.45) is 0 Å². The Hall–Kier alpha value is -2.20. The molecule has 7 heteroatoms. The van der Waals surface area contributed by atoms with Gasteiger partial charge < -0.3 is 9.84 Å². The van der Waals surface area contributed by atoms with Gasteiger partial charge in [-0.15, -0.1) is 0 Å². The van der Waals surface area contributed by atoms with Gasteiger partial charge in [0.2, 0.25) is 0 Å². The first kappa shape index (κ1) is 19.1. The van der Waals surface area contributed by atoms with E-state index >= 15 is 0 Å².